The molecule has 1 unspecified atom stereocenters. The number of unbranched alkanes of at least 4 members (excludes halogenated alkanes) is 44. The largest absolute Gasteiger partial charge is 0.462 e. The molecule has 0 aromatic heterocycles. The zero-order valence-electron chi connectivity index (χ0n) is 49.6. The molecule has 0 spiro atoms. The molecule has 0 aliphatic heterocycles. The lowest BCUT2D eigenvalue weighted by atomic mass is 9.99. The summed E-state index contributed by atoms with van der Waals surface area (Å²) >= 11 is 0. The molecule has 0 amide bonds. The first kappa shape index (κ1) is 70.4. The molecule has 0 rings (SSSR count). The van der Waals surface area contributed by atoms with Crippen LogP contribution in [0.25, 0.3) is 0 Å². The van der Waals surface area contributed by atoms with E-state index in [1.165, 1.54) is 263 Å². The third-order valence-corrected chi connectivity index (χ3v) is 15.6. The van der Waals surface area contributed by atoms with Gasteiger partial charge in [-0.05, 0) is 31.1 Å². The van der Waals surface area contributed by atoms with Crippen molar-refractivity contribution >= 4 is 17.9 Å². The van der Waals surface area contributed by atoms with Gasteiger partial charge >= 0.3 is 17.9 Å². The van der Waals surface area contributed by atoms with Crippen molar-refractivity contribution < 1.29 is 28.6 Å². The van der Waals surface area contributed by atoms with Gasteiger partial charge in [0.2, 0.25) is 0 Å². The van der Waals surface area contributed by atoms with Gasteiger partial charge in [0.15, 0.2) is 6.10 Å². The van der Waals surface area contributed by atoms with Gasteiger partial charge in [-0.25, -0.2) is 0 Å². The van der Waals surface area contributed by atoms with Gasteiger partial charge in [-0.15, -0.1) is 0 Å². The lowest BCUT2D eigenvalue weighted by molar-refractivity contribution is -0.167. The molecule has 0 N–H and O–H groups in total. The predicted octanol–water partition coefficient (Wildman–Crippen LogP) is 22.0. The predicted molar refractivity (Wildman–Crippen MR) is 312 cm³/mol. The molecular weight excluding hydrogens is 889 g/mol. The molecule has 0 aromatic carbocycles. The zero-order chi connectivity index (χ0) is 52.5. The third-order valence-electron chi connectivity index (χ3n) is 15.6. The summed E-state index contributed by atoms with van der Waals surface area (Å²) < 4.78 is 17.0. The normalized spacial score (nSPS) is 12.4. The molecule has 6 heteroatoms. The minimum Gasteiger partial charge on any atom is -0.462 e. The van der Waals surface area contributed by atoms with Crippen molar-refractivity contribution in [3.05, 3.63) is 0 Å². The first-order valence-electron chi connectivity index (χ1n) is 32.8. The van der Waals surface area contributed by atoms with Crippen molar-refractivity contribution in [3.8, 4) is 0 Å². The highest BCUT2D eigenvalue weighted by molar-refractivity contribution is 5.71. The number of carbonyl (C=O) groups is 3. The molecule has 0 fully saturated rings. The molecular formula is C66H128O6. The van der Waals surface area contributed by atoms with Crippen LogP contribution in [-0.2, 0) is 28.6 Å². The van der Waals surface area contributed by atoms with E-state index in [1.54, 1.807) is 0 Å². The lowest BCUT2D eigenvalue weighted by Gasteiger charge is -2.18. The fourth-order valence-corrected chi connectivity index (χ4v) is 10.3. The average Bonchev–Trinajstić information content (AvgIpc) is 3.37. The van der Waals surface area contributed by atoms with Gasteiger partial charge in [0, 0.05) is 19.3 Å². The Morgan fingerprint density at radius 1 is 0.292 bits per heavy atom. The zero-order valence-corrected chi connectivity index (χ0v) is 49.6. The maximum atomic E-state index is 12.9. The second-order valence-corrected chi connectivity index (χ2v) is 23.5. The Morgan fingerprint density at radius 2 is 0.528 bits per heavy atom. The van der Waals surface area contributed by atoms with Gasteiger partial charge in [0.1, 0.15) is 13.2 Å². The highest BCUT2D eigenvalue weighted by atomic mass is 16.6. The van der Waals surface area contributed by atoms with Gasteiger partial charge in [0.25, 0.3) is 0 Å². The molecule has 0 aliphatic rings. The molecule has 0 saturated carbocycles. The Balaban J connectivity index is 4.26. The van der Waals surface area contributed by atoms with Crippen LogP contribution >= 0.6 is 0 Å². The van der Waals surface area contributed by atoms with Gasteiger partial charge in [0.05, 0.1) is 0 Å². The fourth-order valence-electron chi connectivity index (χ4n) is 10.3. The van der Waals surface area contributed by atoms with Crippen LogP contribution in [0.15, 0.2) is 0 Å². The number of ether oxygens (including phenoxy) is 3. The van der Waals surface area contributed by atoms with E-state index in [0.29, 0.717) is 19.3 Å². The van der Waals surface area contributed by atoms with E-state index in [4.69, 9.17) is 14.2 Å². The van der Waals surface area contributed by atoms with E-state index in [-0.39, 0.29) is 31.1 Å². The van der Waals surface area contributed by atoms with Crippen molar-refractivity contribution in [2.75, 3.05) is 13.2 Å². The highest BCUT2D eigenvalue weighted by Crippen LogP contribution is 2.19. The van der Waals surface area contributed by atoms with Crippen LogP contribution in [-0.4, -0.2) is 37.2 Å². The number of hydrogen-bond acceptors (Lipinski definition) is 6. The van der Waals surface area contributed by atoms with Crippen molar-refractivity contribution in [3.63, 3.8) is 0 Å². The maximum absolute atomic E-state index is 12.9. The Kier molecular flexibility index (Phi) is 57.4. The molecule has 0 aliphatic carbocycles. The van der Waals surface area contributed by atoms with Crippen LogP contribution in [0.4, 0.5) is 0 Å². The topological polar surface area (TPSA) is 78.9 Å². The van der Waals surface area contributed by atoms with E-state index >= 15 is 0 Å². The molecule has 2 atom stereocenters. The average molecular weight is 1020 g/mol. The van der Waals surface area contributed by atoms with E-state index < -0.39 is 6.10 Å². The molecule has 0 bridgehead atoms. The van der Waals surface area contributed by atoms with Crippen LogP contribution in [0.1, 0.15) is 375 Å². The molecule has 428 valence electrons. The Labute approximate surface area is 450 Å². The van der Waals surface area contributed by atoms with E-state index in [9.17, 15) is 14.4 Å². The lowest BCUT2D eigenvalue weighted by Crippen LogP contribution is -2.30. The summed E-state index contributed by atoms with van der Waals surface area (Å²) in [6, 6.07) is 0. The summed E-state index contributed by atoms with van der Waals surface area (Å²) in [7, 11) is 0. The summed E-state index contributed by atoms with van der Waals surface area (Å²) in [5.74, 6) is 0.897. The molecule has 0 aromatic rings. The minimum absolute atomic E-state index is 0.0619. The number of rotatable bonds is 60. The van der Waals surface area contributed by atoms with Gasteiger partial charge in [-0.3, -0.25) is 14.4 Å². The van der Waals surface area contributed by atoms with Crippen molar-refractivity contribution in [1.29, 1.82) is 0 Å². The van der Waals surface area contributed by atoms with Crippen molar-refractivity contribution in [1.82, 2.24) is 0 Å². The second-order valence-electron chi connectivity index (χ2n) is 23.5. The minimum atomic E-state index is -0.764. The first-order valence-corrected chi connectivity index (χ1v) is 32.8. The van der Waals surface area contributed by atoms with Gasteiger partial charge in [-0.1, -0.05) is 336 Å². The van der Waals surface area contributed by atoms with Crippen LogP contribution in [0.5, 0.6) is 0 Å². The molecule has 0 saturated heterocycles. The summed E-state index contributed by atoms with van der Waals surface area (Å²) in [5.41, 5.74) is 0. The quantitative estimate of drug-likeness (QED) is 0.0343. The van der Waals surface area contributed by atoms with Crippen LogP contribution in [0, 0.1) is 11.8 Å². The smallest absolute Gasteiger partial charge is 0.306 e. The second kappa shape index (κ2) is 58.7. The molecule has 0 radical (unpaired) electrons. The molecule has 6 nitrogen and oxygen atoms in total. The first-order chi connectivity index (χ1) is 35.3. The monoisotopic (exact) mass is 1020 g/mol. The molecule has 0 heterocycles. The van der Waals surface area contributed by atoms with Gasteiger partial charge < -0.3 is 14.2 Å². The number of esters is 3. The number of hydrogen-bond donors (Lipinski definition) is 0. The van der Waals surface area contributed by atoms with Crippen LogP contribution in [0.2, 0.25) is 0 Å². The Bertz CT molecular complexity index is 1110. The van der Waals surface area contributed by atoms with E-state index in [2.05, 4.69) is 34.6 Å². The molecule has 72 heavy (non-hydrogen) atoms. The van der Waals surface area contributed by atoms with E-state index in [1.807, 2.05) is 0 Å². The van der Waals surface area contributed by atoms with Crippen LogP contribution < -0.4 is 0 Å². The third kappa shape index (κ3) is 57.7. The SMILES string of the molecule is CCCCCCCCCCCCCCCCCCCCCC(=O)OC[C@@H](COC(=O)CCCCCCCCCCCCC(C)CC)OC(=O)CCCCCCCCCCCCCCCCCCCCC(C)C. The summed E-state index contributed by atoms with van der Waals surface area (Å²) in [6.45, 7) is 11.5. The van der Waals surface area contributed by atoms with Crippen LogP contribution in [0.3, 0.4) is 0 Å². The maximum Gasteiger partial charge on any atom is 0.306 e. The fraction of sp³-hybridized carbons (Fsp3) is 0.955. The number of carbonyl (C=O) groups excluding carboxylic acids is 3. The van der Waals surface area contributed by atoms with Gasteiger partial charge in [-0.2, -0.15) is 0 Å². The standard InChI is InChI=1S/C66H128O6/c1-6-8-9-10-11-12-13-14-15-16-17-21-24-27-30-36-41-46-51-56-64(67)70-59-63(60-71-65(68)57-52-47-42-37-33-32-35-40-45-50-55-62(5)7-2)72-66(69)58-53-48-43-38-31-28-25-22-19-18-20-23-26-29-34-39-44-49-54-61(3)4/h61-63H,6-60H2,1-5H3/t62?,63-/m0/s1. The van der Waals surface area contributed by atoms with E-state index in [0.717, 1.165) is 69.6 Å². The summed E-state index contributed by atoms with van der Waals surface area (Å²) in [4.78, 5) is 38.3. The van der Waals surface area contributed by atoms with Crippen molar-refractivity contribution in [2.24, 2.45) is 11.8 Å². The Morgan fingerprint density at radius 3 is 0.792 bits per heavy atom. The summed E-state index contributed by atoms with van der Waals surface area (Å²) in [6.07, 6.45) is 65.3. The summed E-state index contributed by atoms with van der Waals surface area (Å²) in [5, 5.41) is 0. The Hall–Kier alpha value is -1.59. The highest BCUT2D eigenvalue weighted by Gasteiger charge is 2.19. The van der Waals surface area contributed by atoms with Crippen molar-refractivity contribution in [2.45, 2.75) is 381 Å².